The van der Waals surface area contributed by atoms with E-state index in [1.54, 1.807) is 30.3 Å². The van der Waals surface area contributed by atoms with E-state index in [0.717, 1.165) is 5.56 Å². The van der Waals surface area contributed by atoms with E-state index in [1.807, 2.05) is 12.1 Å². The summed E-state index contributed by atoms with van der Waals surface area (Å²) in [4.78, 5) is 0. The molecule has 2 aromatic rings. The third-order valence-corrected chi connectivity index (χ3v) is 2.94. The zero-order valence-corrected chi connectivity index (χ0v) is 10.9. The van der Waals surface area contributed by atoms with E-state index in [2.05, 4.69) is 6.07 Å². The maximum atomic E-state index is 9.26. The van der Waals surface area contributed by atoms with E-state index < -0.39 is 0 Å². The van der Waals surface area contributed by atoms with E-state index in [1.165, 1.54) is 0 Å². The molecule has 3 nitrogen and oxygen atoms in total. The monoisotopic (exact) mass is 273 g/mol. The van der Waals surface area contributed by atoms with Crippen molar-refractivity contribution in [1.29, 1.82) is 5.26 Å². The number of benzene rings is 2. The standard InChI is InChI=1S/C15H12ClNO2/c16-14-3-1-2-12(10-18)15(14)19-13-6-4-11(5-7-13)8-9-17/h1-7,18H,8,10H2. The molecule has 0 saturated heterocycles. The lowest BCUT2D eigenvalue weighted by Crippen LogP contribution is -1.93. The smallest absolute Gasteiger partial charge is 0.151 e. The van der Waals surface area contributed by atoms with Crippen molar-refractivity contribution >= 4 is 11.6 Å². The fraction of sp³-hybridized carbons (Fsp3) is 0.133. The minimum absolute atomic E-state index is 0.136. The summed E-state index contributed by atoms with van der Waals surface area (Å²) in [6.07, 6.45) is 0.369. The SMILES string of the molecule is N#CCc1ccc(Oc2c(Cl)cccc2CO)cc1. The molecule has 96 valence electrons. The summed E-state index contributed by atoms with van der Waals surface area (Å²) < 4.78 is 5.69. The van der Waals surface area contributed by atoms with Gasteiger partial charge in [-0.1, -0.05) is 35.9 Å². The van der Waals surface area contributed by atoms with Crippen LogP contribution < -0.4 is 4.74 Å². The highest BCUT2D eigenvalue weighted by Gasteiger charge is 2.08. The molecule has 2 aromatic carbocycles. The first-order valence-corrected chi connectivity index (χ1v) is 6.14. The topological polar surface area (TPSA) is 53.2 Å². The summed E-state index contributed by atoms with van der Waals surface area (Å²) in [6.45, 7) is -0.136. The third-order valence-electron chi connectivity index (χ3n) is 2.65. The lowest BCUT2D eigenvalue weighted by atomic mass is 10.1. The Morgan fingerprint density at radius 1 is 1.16 bits per heavy atom. The second kappa shape index (κ2) is 6.24. The molecule has 0 unspecified atom stereocenters. The number of hydrogen-bond donors (Lipinski definition) is 1. The van der Waals surface area contributed by atoms with Gasteiger partial charge in [-0.2, -0.15) is 5.26 Å². The van der Waals surface area contributed by atoms with Crippen LogP contribution in [0.4, 0.5) is 0 Å². The highest BCUT2D eigenvalue weighted by molar-refractivity contribution is 6.32. The average molecular weight is 274 g/mol. The van der Waals surface area contributed by atoms with Crippen LogP contribution in [0.25, 0.3) is 0 Å². The Hall–Kier alpha value is -2.02. The highest BCUT2D eigenvalue weighted by atomic mass is 35.5. The van der Waals surface area contributed by atoms with Gasteiger partial charge in [0, 0.05) is 5.56 Å². The molecule has 4 heteroatoms. The van der Waals surface area contributed by atoms with E-state index in [4.69, 9.17) is 21.6 Å². The Labute approximate surface area is 116 Å². The normalized spacial score (nSPS) is 9.95. The Balaban J connectivity index is 2.24. The van der Waals surface area contributed by atoms with Crippen molar-refractivity contribution < 1.29 is 9.84 Å². The first kappa shape index (κ1) is 13.4. The van der Waals surface area contributed by atoms with Crippen LogP contribution in [0, 0.1) is 11.3 Å². The van der Waals surface area contributed by atoms with Gasteiger partial charge in [-0.05, 0) is 23.8 Å². The van der Waals surface area contributed by atoms with E-state index in [-0.39, 0.29) is 6.61 Å². The van der Waals surface area contributed by atoms with Crippen LogP contribution in [0.15, 0.2) is 42.5 Å². The number of rotatable bonds is 4. The van der Waals surface area contributed by atoms with E-state index >= 15 is 0 Å². The number of halogens is 1. The Morgan fingerprint density at radius 3 is 2.53 bits per heavy atom. The summed E-state index contributed by atoms with van der Waals surface area (Å²) in [7, 11) is 0. The molecule has 0 heterocycles. The first-order chi connectivity index (χ1) is 9.24. The number of para-hydroxylation sites is 1. The van der Waals surface area contributed by atoms with Crippen molar-refractivity contribution in [1.82, 2.24) is 0 Å². The Kier molecular flexibility index (Phi) is 4.40. The van der Waals surface area contributed by atoms with E-state index in [0.29, 0.717) is 28.5 Å². The molecule has 0 radical (unpaired) electrons. The van der Waals surface area contributed by atoms with Crippen molar-refractivity contribution in [2.24, 2.45) is 0 Å². The first-order valence-electron chi connectivity index (χ1n) is 5.76. The van der Waals surface area contributed by atoms with Crippen molar-refractivity contribution in [3.63, 3.8) is 0 Å². The summed E-state index contributed by atoms with van der Waals surface area (Å²) >= 11 is 6.06. The molecule has 1 N–H and O–H groups in total. The summed E-state index contributed by atoms with van der Waals surface area (Å²) in [5.41, 5.74) is 1.56. The van der Waals surface area contributed by atoms with Crippen LogP contribution in [0.1, 0.15) is 11.1 Å². The molecule has 0 saturated carbocycles. The largest absolute Gasteiger partial charge is 0.455 e. The summed E-state index contributed by atoms with van der Waals surface area (Å²) in [5.74, 6) is 1.07. The Morgan fingerprint density at radius 2 is 1.89 bits per heavy atom. The summed E-state index contributed by atoms with van der Waals surface area (Å²) in [5, 5.41) is 18.3. The summed E-state index contributed by atoms with van der Waals surface area (Å²) in [6, 6.07) is 14.5. The molecular weight excluding hydrogens is 262 g/mol. The fourth-order valence-electron chi connectivity index (χ4n) is 1.68. The van der Waals surface area contributed by atoms with Gasteiger partial charge in [0.2, 0.25) is 0 Å². The van der Waals surface area contributed by atoms with Crippen molar-refractivity contribution in [3.05, 3.63) is 58.6 Å². The van der Waals surface area contributed by atoms with Crippen LogP contribution in [0.2, 0.25) is 5.02 Å². The maximum absolute atomic E-state index is 9.26. The van der Waals surface area contributed by atoms with Gasteiger partial charge in [0.1, 0.15) is 5.75 Å². The van der Waals surface area contributed by atoms with Crippen LogP contribution in [-0.4, -0.2) is 5.11 Å². The van der Waals surface area contributed by atoms with Crippen LogP contribution in [0.3, 0.4) is 0 Å². The molecule has 0 amide bonds. The Bertz CT molecular complexity index is 603. The van der Waals surface area contributed by atoms with Crippen molar-refractivity contribution in [2.75, 3.05) is 0 Å². The molecule has 19 heavy (non-hydrogen) atoms. The molecule has 0 atom stereocenters. The molecule has 0 aromatic heterocycles. The zero-order chi connectivity index (χ0) is 13.7. The van der Waals surface area contributed by atoms with Gasteiger partial charge >= 0.3 is 0 Å². The molecule has 0 bridgehead atoms. The number of hydrogen-bond acceptors (Lipinski definition) is 3. The molecule has 0 aliphatic heterocycles. The molecule has 0 aliphatic carbocycles. The van der Waals surface area contributed by atoms with Gasteiger partial charge in [0.05, 0.1) is 24.1 Å². The molecule has 0 aliphatic rings. The van der Waals surface area contributed by atoms with Gasteiger partial charge in [0.15, 0.2) is 5.75 Å². The number of nitriles is 1. The van der Waals surface area contributed by atoms with Crippen LogP contribution >= 0.6 is 11.6 Å². The maximum Gasteiger partial charge on any atom is 0.151 e. The third kappa shape index (κ3) is 3.25. The average Bonchev–Trinajstić information content (AvgIpc) is 2.43. The predicted molar refractivity (Wildman–Crippen MR) is 73.2 cm³/mol. The van der Waals surface area contributed by atoms with Crippen LogP contribution in [-0.2, 0) is 13.0 Å². The van der Waals surface area contributed by atoms with Crippen molar-refractivity contribution in [2.45, 2.75) is 13.0 Å². The molecule has 0 spiro atoms. The number of nitrogens with zero attached hydrogens (tertiary/aromatic N) is 1. The highest BCUT2D eigenvalue weighted by Crippen LogP contribution is 2.33. The van der Waals surface area contributed by atoms with E-state index in [9.17, 15) is 5.11 Å². The quantitative estimate of drug-likeness (QED) is 0.924. The lowest BCUT2D eigenvalue weighted by Gasteiger charge is -2.11. The number of ether oxygens (including phenoxy) is 1. The number of aliphatic hydroxyl groups excluding tert-OH is 1. The number of aliphatic hydroxyl groups is 1. The molecular formula is C15H12ClNO2. The van der Waals surface area contributed by atoms with Gasteiger partial charge in [-0.25, -0.2) is 0 Å². The van der Waals surface area contributed by atoms with Crippen LogP contribution in [0.5, 0.6) is 11.5 Å². The van der Waals surface area contributed by atoms with Gasteiger partial charge in [0.25, 0.3) is 0 Å². The second-order valence-electron chi connectivity index (χ2n) is 3.97. The van der Waals surface area contributed by atoms with Gasteiger partial charge in [-0.3, -0.25) is 0 Å². The fourth-order valence-corrected chi connectivity index (χ4v) is 1.91. The molecule has 2 rings (SSSR count). The predicted octanol–water partition coefficient (Wildman–Crippen LogP) is 3.69. The van der Waals surface area contributed by atoms with Gasteiger partial charge < -0.3 is 9.84 Å². The van der Waals surface area contributed by atoms with Crippen molar-refractivity contribution in [3.8, 4) is 17.6 Å². The minimum atomic E-state index is -0.136. The second-order valence-corrected chi connectivity index (χ2v) is 4.37. The van der Waals surface area contributed by atoms with Gasteiger partial charge in [-0.15, -0.1) is 0 Å². The lowest BCUT2D eigenvalue weighted by molar-refractivity contribution is 0.276. The minimum Gasteiger partial charge on any atom is -0.455 e. The zero-order valence-electron chi connectivity index (χ0n) is 10.1. The molecule has 0 fully saturated rings.